The van der Waals surface area contributed by atoms with Crippen LogP contribution >= 0.6 is 0 Å². The summed E-state index contributed by atoms with van der Waals surface area (Å²) in [6.07, 6.45) is 4.11. The van der Waals surface area contributed by atoms with Crippen molar-refractivity contribution in [1.82, 2.24) is 0 Å². The van der Waals surface area contributed by atoms with Gasteiger partial charge in [0.15, 0.2) is 0 Å². The van der Waals surface area contributed by atoms with Gasteiger partial charge < -0.3 is 56.8 Å². The Labute approximate surface area is 285 Å². The fraction of sp³-hybridized carbons (Fsp3) is 0.667. The highest BCUT2D eigenvalue weighted by Crippen LogP contribution is 2.25. The first-order valence-electron chi connectivity index (χ1n) is 17.3. The van der Waals surface area contributed by atoms with Gasteiger partial charge in [0.05, 0.1) is 92.5 Å². The van der Waals surface area contributed by atoms with Crippen LogP contribution in [0.1, 0.15) is 36.8 Å². The predicted octanol–water partition coefficient (Wildman–Crippen LogP) is 4.62. The van der Waals surface area contributed by atoms with Crippen LogP contribution in [0.5, 0.6) is 23.0 Å². The maximum atomic E-state index is 6.00. The number of hydrogen-bond acceptors (Lipinski definition) is 12. The van der Waals surface area contributed by atoms with Gasteiger partial charge in [-0.2, -0.15) is 0 Å². The summed E-state index contributed by atoms with van der Waals surface area (Å²) < 4.78 is 69.9. The molecule has 2 aromatic rings. The summed E-state index contributed by atoms with van der Waals surface area (Å²) in [4.78, 5) is 0. The van der Waals surface area contributed by atoms with Gasteiger partial charge in [0, 0.05) is 25.3 Å². The fourth-order valence-corrected chi connectivity index (χ4v) is 4.86. The molecule has 0 spiro atoms. The van der Waals surface area contributed by atoms with E-state index in [-0.39, 0.29) is 0 Å². The van der Waals surface area contributed by atoms with Crippen molar-refractivity contribution in [1.29, 1.82) is 0 Å². The second kappa shape index (κ2) is 25.3. The SMILES string of the molecule is c1c2cc3cc1OCCOCCOCCOCCOc1cc(cc(c1)OCCOCCOCCOCCO3)COCCCCCCOC2. The van der Waals surface area contributed by atoms with Gasteiger partial charge in [0.25, 0.3) is 0 Å². The Kier molecular flexibility index (Phi) is 20.1. The van der Waals surface area contributed by atoms with Crippen molar-refractivity contribution >= 4 is 0 Å². The highest BCUT2D eigenvalue weighted by atomic mass is 16.6. The highest BCUT2D eigenvalue weighted by Gasteiger charge is 2.08. The van der Waals surface area contributed by atoms with Crippen molar-refractivity contribution in [3.63, 3.8) is 0 Å². The molecule has 0 amide bonds. The first kappa shape index (κ1) is 38.1. The average Bonchev–Trinajstić information content (AvgIpc) is 3.09. The lowest BCUT2D eigenvalue weighted by atomic mass is 10.2. The minimum Gasteiger partial charge on any atom is -0.491 e. The Bertz CT molecular complexity index is 951. The van der Waals surface area contributed by atoms with E-state index in [1.165, 1.54) is 0 Å². The molecule has 12 nitrogen and oxygen atoms in total. The van der Waals surface area contributed by atoms with Crippen molar-refractivity contribution in [3.8, 4) is 23.0 Å². The van der Waals surface area contributed by atoms with Crippen LogP contribution in [0.4, 0.5) is 0 Å². The molecule has 0 radical (unpaired) electrons. The maximum absolute atomic E-state index is 6.00. The monoisotopic (exact) mass is 678 g/mol. The maximum Gasteiger partial charge on any atom is 0.123 e. The Morgan fingerprint density at radius 1 is 0.250 bits per heavy atom. The molecule has 0 saturated carbocycles. The predicted molar refractivity (Wildman–Crippen MR) is 178 cm³/mol. The largest absolute Gasteiger partial charge is 0.491 e. The summed E-state index contributed by atoms with van der Waals surface area (Å²) >= 11 is 0. The first-order chi connectivity index (χ1) is 23.8. The molecule has 2 heterocycles. The van der Waals surface area contributed by atoms with Gasteiger partial charge in [-0.25, -0.2) is 0 Å². The second-order valence-corrected chi connectivity index (χ2v) is 11.2. The summed E-state index contributed by atoms with van der Waals surface area (Å²) in [6.45, 7) is 9.45. The third kappa shape index (κ3) is 17.6. The molecule has 2 aliphatic heterocycles. The summed E-state index contributed by atoms with van der Waals surface area (Å²) in [5.74, 6) is 2.82. The van der Waals surface area contributed by atoms with Gasteiger partial charge in [-0.3, -0.25) is 0 Å². The van der Waals surface area contributed by atoms with Crippen LogP contribution in [0.2, 0.25) is 0 Å². The van der Waals surface area contributed by atoms with Gasteiger partial charge >= 0.3 is 0 Å². The molecule has 0 N–H and O–H groups in total. The summed E-state index contributed by atoms with van der Waals surface area (Å²) in [5.41, 5.74) is 1.97. The van der Waals surface area contributed by atoms with Gasteiger partial charge in [-0.05, 0) is 48.2 Å². The van der Waals surface area contributed by atoms with E-state index in [4.69, 9.17) is 56.8 Å². The zero-order chi connectivity index (χ0) is 33.2. The minimum absolute atomic E-state index is 0.404. The summed E-state index contributed by atoms with van der Waals surface area (Å²) in [5, 5.41) is 0. The number of benzene rings is 2. The van der Waals surface area contributed by atoms with Crippen LogP contribution in [0.15, 0.2) is 36.4 Å². The molecule has 48 heavy (non-hydrogen) atoms. The first-order valence-corrected chi connectivity index (χ1v) is 17.3. The lowest BCUT2D eigenvalue weighted by molar-refractivity contribution is 0.00430. The number of rotatable bonds is 0. The van der Waals surface area contributed by atoms with Gasteiger partial charge in [0.2, 0.25) is 0 Å². The molecule has 0 aromatic heterocycles. The number of ether oxygens (including phenoxy) is 12. The molecule has 4 rings (SSSR count). The number of fused-ring (bicyclic) bond motifs is 13. The van der Waals surface area contributed by atoms with E-state index in [1.807, 2.05) is 36.4 Å². The van der Waals surface area contributed by atoms with E-state index < -0.39 is 0 Å². The van der Waals surface area contributed by atoms with Crippen LogP contribution in [0.25, 0.3) is 0 Å². The third-order valence-corrected chi connectivity index (χ3v) is 7.22. The van der Waals surface area contributed by atoms with Crippen LogP contribution in [-0.4, -0.2) is 119 Å². The molecule has 2 aromatic carbocycles. The molecule has 270 valence electrons. The van der Waals surface area contributed by atoms with E-state index in [2.05, 4.69) is 0 Å². The quantitative estimate of drug-likeness (QED) is 0.388. The molecule has 0 aliphatic carbocycles. The van der Waals surface area contributed by atoms with Crippen molar-refractivity contribution in [2.45, 2.75) is 38.9 Å². The van der Waals surface area contributed by atoms with E-state index in [9.17, 15) is 0 Å². The lowest BCUT2D eigenvalue weighted by Crippen LogP contribution is -2.15. The topological polar surface area (TPSA) is 111 Å². The van der Waals surface area contributed by atoms with Crippen LogP contribution in [0.3, 0.4) is 0 Å². The Balaban J connectivity index is 1.38. The van der Waals surface area contributed by atoms with Crippen molar-refractivity contribution in [2.24, 2.45) is 0 Å². The zero-order valence-electron chi connectivity index (χ0n) is 28.3. The van der Waals surface area contributed by atoms with E-state index >= 15 is 0 Å². The zero-order valence-corrected chi connectivity index (χ0v) is 28.3. The molecule has 0 fully saturated rings. The smallest absolute Gasteiger partial charge is 0.123 e. The second-order valence-electron chi connectivity index (χ2n) is 11.2. The standard InChI is InChI=1S/C36H54O12/c1-2-4-6-44-30-32-25-35-28-36(26-32)48-22-18-42-14-10-38-8-12-40-16-20-46-34-24-31(29-43-5-3-1)23-33(27-34)45-19-15-39-11-7-37-9-13-41-17-21-47-35/h23-28H,1-22,29-30H2. The van der Waals surface area contributed by atoms with E-state index in [0.29, 0.717) is 155 Å². The van der Waals surface area contributed by atoms with Crippen LogP contribution < -0.4 is 18.9 Å². The molecule has 6 bridgehead atoms. The lowest BCUT2D eigenvalue weighted by Gasteiger charge is -2.14. The molecule has 2 aliphatic rings. The summed E-state index contributed by atoms with van der Waals surface area (Å²) in [7, 11) is 0. The van der Waals surface area contributed by atoms with Crippen LogP contribution in [-0.2, 0) is 51.1 Å². The molecule has 0 unspecified atom stereocenters. The molecular formula is C36H54O12. The normalized spacial score (nSPS) is 20.6. The Morgan fingerprint density at radius 3 is 0.812 bits per heavy atom. The Morgan fingerprint density at radius 2 is 0.521 bits per heavy atom. The number of hydrogen-bond donors (Lipinski definition) is 0. The van der Waals surface area contributed by atoms with Crippen LogP contribution in [0, 0.1) is 0 Å². The average molecular weight is 679 g/mol. The van der Waals surface area contributed by atoms with Crippen molar-refractivity contribution < 1.29 is 56.8 Å². The van der Waals surface area contributed by atoms with Crippen molar-refractivity contribution in [2.75, 3.05) is 119 Å². The molecular weight excluding hydrogens is 624 g/mol. The molecule has 0 saturated heterocycles. The molecule has 0 atom stereocenters. The highest BCUT2D eigenvalue weighted by molar-refractivity contribution is 5.39. The summed E-state index contributed by atoms with van der Waals surface area (Å²) in [6, 6.07) is 11.7. The van der Waals surface area contributed by atoms with Gasteiger partial charge in [0.1, 0.15) is 49.4 Å². The van der Waals surface area contributed by atoms with Crippen molar-refractivity contribution in [3.05, 3.63) is 47.5 Å². The van der Waals surface area contributed by atoms with Gasteiger partial charge in [-0.15, -0.1) is 0 Å². The van der Waals surface area contributed by atoms with E-state index in [1.54, 1.807) is 0 Å². The molecule has 12 heteroatoms. The minimum atomic E-state index is 0.404. The van der Waals surface area contributed by atoms with E-state index in [0.717, 1.165) is 36.8 Å². The Hall–Kier alpha value is -2.68. The third-order valence-electron chi connectivity index (χ3n) is 7.22. The van der Waals surface area contributed by atoms with Gasteiger partial charge in [-0.1, -0.05) is 12.8 Å². The fourth-order valence-electron chi connectivity index (χ4n) is 4.86.